The van der Waals surface area contributed by atoms with Crippen LogP contribution >= 0.6 is 0 Å². The van der Waals surface area contributed by atoms with Gasteiger partial charge in [0.25, 0.3) is 0 Å². The van der Waals surface area contributed by atoms with E-state index in [-0.39, 0.29) is 28.9 Å². The van der Waals surface area contributed by atoms with E-state index in [1.165, 1.54) is 51.4 Å². The number of amides is 1. The number of nitrogens with two attached hydrogens (primary N) is 2. The van der Waals surface area contributed by atoms with Gasteiger partial charge in [-0.15, -0.1) is 0 Å². The SMILES string of the molecule is CCCCCCCCNC(=O)CC[C@@H](C)[C@H]1CC[C@@H](C)[C@]1(C)[C@H](C[C@@H](C)[C@@]1(C)CC[C@@H](OCCCN)CC1C[C@H](C)OCCCC)OCCCN. The van der Waals surface area contributed by atoms with Crippen LogP contribution in [-0.2, 0) is 19.0 Å². The van der Waals surface area contributed by atoms with Crippen LogP contribution in [0, 0.1) is 40.4 Å². The van der Waals surface area contributed by atoms with Gasteiger partial charge in [-0.25, -0.2) is 0 Å². The average molecular weight is 722 g/mol. The van der Waals surface area contributed by atoms with E-state index in [2.05, 4.69) is 60.7 Å². The van der Waals surface area contributed by atoms with E-state index in [1.807, 2.05) is 0 Å². The fraction of sp³-hybridized carbons (Fsp3) is 0.977. The Labute approximate surface area is 316 Å². The summed E-state index contributed by atoms with van der Waals surface area (Å²) < 4.78 is 19.8. The zero-order valence-electron chi connectivity index (χ0n) is 35.1. The number of hydrogen-bond acceptors (Lipinski definition) is 6. The summed E-state index contributed by atoms with van der Waals surface area (Å²) in [6.45, 7) is 23.7. The lowest BCUT2D eigenvalue weighted by Crippen LogP contribution is -2.48. The number of ether oxygens (including phenoxy) is 3. The molecular formula is C44H87N3O4. The topological polar surface area (TPSA) is 109 Å². The molecule has 0 aliphatic heterocycles. The van der Waals surface area contributed by atoms with Crippen molar-refractivity contribution in [3.63, 3.8) is 0 Å². The van der Waals surface area contributed by atoms with Crippen molar-refractivity contribution in [2.75, 3.05) is 39.5 Å². The lowest BCUT2D eigenvalue weighted by Gasteiger charge is -2.52. The van der Waals surface area contributed by atoms with Gasteiger partial charge < -0.3 is 31.0 Å². The lowest BCUT2D eigenvalue weighted by molar-refractivity contribution is -0.122. The highest BCUT2D eigenvalue weighted by Crippen LogP contribution is 2.58. The summed E-state index contributed by atoms with van der Waals surface area (Å²) in [6, 6.07) is 0. The molecule has 2 aliphatic carbocycles. The molecule has 2 saturated carbocycles. The quantitative estimate of drug-likeness (QED) is 0.0664. The second-order valence-corrected chi connectivity index (χ2v) is 17.6. The van der Waals surface area contributed by atoms with Gasteiger partial charge in [0, 0.05) is 32.8 Å². The van der Waals surface area contributed by atoms with Crippen LogP contribution in [0.25, 0.3) is 0 Å². The molecule has 7 heteroatoms. The molecule has 0 spiro atoms. The molecule has 1 amide bonds. The van der Waals surface area contributed by atoms with Crippen LogP contribution in [0.5, 0.6) is 0 Å². The first kappa shape index (κ1) is 46.4. The van der Waals surface area contributed by atoms with Crippen LogP contribution in [0.4, 0.5) is 0 Å². The van der Waals surface area contributed by atoms with Crippen molar-refractivity contribution in [3.8, 4) is 0 Å². The first-order valence-electron chi connectivity index (χ1n) is 22.0. The smallest absolute Gasteiger partial charge is 0.220 e. The molecule has 2 fully saturated rings. The van der Waals surface area contributed by atoms with Gasteiger partial charge in [0.2, 0.25) is 5.91 Å². The molecule has 5 N–H and O–H groups in total. The predicted octanol–water partition coefficient (Wildman–Crippen LogP) is 9.83. The molecule has 0 aromatic carbocycles. The third kappa shape index (κ3) is 15.1. The second kappa shape index (κ2) is 25.4. The molecule has 302 valence electrons. The summed E-state index contributed by atoms with van der Waals surface area (Å²) in [4.78, 5) is 12.9. The monoisotopic (exact) mass is 722 g/mol. The molecule has 7 nitrogen and oxygen atoms in total. The molecule has 2 rings (SSSR count). The van der Waals surface area contributed by atoms with Crippen molar-refractivity contribution in [2.45, 2.75) is 196 Å². The Hall–Kier alpha value is -0.730. The van der Waals surface area contributed by atoms with Crippen molar-refractivity contribution >= 4 is 5.91 Å². The number of unbranched alkanes of at least 4 members (excludes halogenated alkanes) is 6. The first-order valence-corrected chi connectivity index (χ1v) is 22.0. The first-order chi connectivity index (χ1) is 24.5. The minimum atomic E-state index is 0.0577. The Morgan fingerprint density at radius 3 is 2.22 bits per heavy atom. The van der Waals surface area contributed by atoms with Crippen molar-refractivity contribution < 1.29 is 19.0 Å². The molecule has 0 aromatic heterocycles. The summed E-state index contributed by atoms with van der Waals surface area (Å²) in [7, 11) is 0. The van der Waals surface area contributed by atoms with Crippen molar-refractivity contribution in [1.82, 2.24) is 5.32 Å². The maximum Gasteiger partial charge on any atom is 0.220 e. The summed E-state index contributed by atoms with van der Waals surface area (Å²) >= 11 is 0. The fourth-order valence-electron chi connectivity index (χ4n) is 9.83. The minimum absolute atomic E-state index is 0.0577. The van der Waals surface area contributed by atoms with Crippen LogP contribution in [0.2, 0.25) is 0 Å². The van der Waals surface area contributed by atoms with Gasteiger partial charge in [0.1, 0.15) is 0 Å². The molecule has 2 aliphatic rings. The van der Waals surface area contributed by atoms with Crippen molar-refractivity contribution in [1.29, 1.82) is 0 Å². The van der Waals surface area contributed by atoms with E-state index in [1.54, 1.807) is 0 Å². The number of carbonyl (C=O) groups is 1. The third-order valence-corrected chi connectivity index (χ3v) is 13.9. The van der Waals surface area contributed by atoms with Crippen LogP contribution in [0.3, 0.4) is 0 Å². The lowest BCUT2D eigenvalue weighted by atomic mass is 9.56. The van der Waals surface area contributed by atoms with E-state index in [0.29, 0.717) is 55.2 Å². The molecule has 51 heavy (non-hydrogen) atoms. The van der Waals surface area contributed by atoms with Gasteiger partial charge in [0.15, 0.2) is 0 Å². The highest BCUT2D eigenvalue weighted by molar-refractivity contribution is 5.75. The van der Waals surface area contributed by atoms with Crippen LogP contribution in [0.1, 0.15) is 177 Å². The maximum atomic E-state index is 12.9. The van der Waals surface area contributed by atoms with E-state index in [9.17, 15) is 4.79 Å². The maximum absolute atomic E-state index is 12.9. The van der Waals surface area contributed by atoms with E-state index in [0.717, 1.165) is 90.6 Å². The van der Waals surface area contributed by atoms with Gasteiger partial charge in [-0.1, -0.05) is 87.0 Å². The van der Waals surface area contributed by atoms with Crippen molar-refractivity contribution in [2.24, 2.45) is 51.9 Å². The second-order valence-electron chi connectivity index (χ2n) is 17.6. The number of rotatable bonds is 29. The van der Waals surface area contributed by atoms with Crippen molar-refractivity contribution in [3.05, 3.63) is 0 Å². The highest BCUT2D eigenvalue weighted by atomic mass is 16.5. The summed E-state index contributed by atoms with van der Waals surface area (Å²) in [5.41, 5.74) is 12.0. The van der Waals surface area contributed by atoms with E-state index >= 15 is 0 Å². The van der Waals surface area contributed by atoms with Crippen LogP contribution in [-0.4, -0.2) is 63.7 Å². The molecule has 10 atom stereocenters. The van der Waals surface area contributed by atoms with Gasteiger partial charge >= 0.3 is 0 Å². The van der Waals surface area contributed by atoms with Gasteiger partial charge in [-0.2, -0.15) is 0 Å². The summed E-state index contributed by atoms with van der Waals surface area (Å²) in [5.74, 6) is 2.83. The molecule has 1 unspecified atom stereocenters. The third-order valence-electron chi connectivity index (χ3n) is 13.9. The Kier molecular flexibility index (Phi) is 23.1. The Bertz CT molecular complexity index is 904. The number of nitrogens with one attached hydrogen (secondary N) is 1. The highest BCUT2D eigenvalue weighted by Gasteiger charge is 2.53. The van der Waals surface area contributed by atoms with Gasteiger partial charge in [-0.05, 0) is 137 Å². The molecule has 0 bridgehead atoms. The number of carbonyl (C=O) groups excluding carboxylic acids is 1. The van der Waals surface area contributed by atoms with E-state index in [4.69, 9.17) is 25.7 Å². The Balaban J connectivity index is 2.18. The normalized spacial score (nSPS) is 29.1. The standard InChI is InChI=1S/C44H87N3O4/c1-9-11-13-14-15-16-27-47-42(48)22-19-34(3)40-21-20-35(4)44(40,8)41(51-30-18-26-46)31-36(5)43(7)24-23-39(50-29-17-25-45)33-38(43)32-37(6)49-28-12-10-2/h34-41H,9-33,45-46H2,1-8H3,(H,47,48)/t34-,35-,36-,37+,38?,39-,40-,41+,43-,44+/m1/s1. The average Bonchev–Trinajstić information content (AvgIpc) is 3.42. The van der Waals surface area contributed by atoms with Gasteiger partial charge in [-0.3, -0.25) is 4.79 Å². The molecule has 0 saturated heterocycles. The number of hydrogen-bond donors (Lipinski definition) is 3. The molecular weight excluding hydrogens is 635 g/mol. The molecule has 0 radical (unpaired) electrons. The van der Waals surface area contributed by atoms with Gasteiger partial charge in [0.05, 0.1) is 18.3 Å². The zero-order valence-corrected chi connectivity index (χ0v) is 35.1. The van der Waals surface area contributed by atoms with Crippen LogP contribution < -0.4 is 16.8 Å². The molecule has 0 heterocycles. The Morgan fingerprint density at radius 2 is 1.51 bits per heavy atom. The van der Waals surface area contributed by atoms with E-state index < -0.39 is 0 Å². The fourth-order valence-corrected chi connectivity index (χ4v) is 9.83. The summed E-state index contributed by atoms with van der Waals surface area (Å²) in [5, 5.41) is 3.22. The largest absolute Gasteiger partial charge is 0.378 e. The summed E-state index contributed by atoms with van der Waals surface area (Å²) in [6.07, 6.45) is 21.8. The molecule has 0 aromatic rings. The predicted molar refractivity (Wildman–Crippen MR) is 216 cm³/mol. The minimum Gasteiger partial charge on any atom is -0.378 e. The zero-order chi connectivity index (χ0) is 37.7. The van der Waals surface area contributed by atoms with Crippen LogP contribution in [0.15, 0.2) is 0 Å². The Morgan fingerprint density at radius 1 is 0.843 bits per heavy atom.